The van der Waals surface area contributed by atoms with Crippen molar-refractivity contribution < 1.29 is 9.53 Å². The van der Waals surface area contributed by atoms with E-state index in [-0.39, 0.29) is 18.5 Å². The molecule has 0 saturated heterocycles. The molecule has 1 atom stereocenters. The number of methoxy groups -OCH3 is 1. The van der Waals surface area contributed by atoms with Crippen LogP contribution < -0.4 is 15.4 Å². The molecule has 4 nitrogen and oxygen atoms in total. The molecular weight excluding hydrogens is 335 g/mol. The summed E-state index contributed by atoms with van der Waals surface area (Å²) in [7, 11) is 1.61. The van der Waals surface area contributed by atoms with Crippen molar-refractivity contribution in [3.05, 3.63) is 58.1 Å². The number of carbonyl (C=O) groups is 1. The second kappa shape index (κ2) is 8.09. The quantitative estimate of drug-likeness (QED) is 0.815. The minimum atomic E-state index is -0.171. The molecule has 2 rings (SSSR count). The fourth-order valence-corrected chi connectivity index (χ4v) is 2.56. The summed E-state index contributed by atoms with van der Waals surface area (Å²) in [5.41, 5.74) is 1.54. The van der Waals surface area contributed by atoms with Crippen molar-refractivity contribution in [3.63, 3.8) is 0 Å². The van der Waals surface area contributed by atoms with Crippen LogP contribution in [0.4, 0.5) is 5.69 Å². The van der Waals surface area contributed by atoms with Crippen LogP contribution in [0.15, 0.2) is 42.5 Å². The van der Waals surface area contributed by atoms with E-state index >= 15 is 0 Å². The van der Waals surface area contributed by atoms with E-state index in [1.807, 2.05) is 31.2 Å². The smallest absolute Gasteiger partial charge is 0.239 e. The number of anilines is 1. The lowest BCUT2D eigenvalue weighted by molar-refractivity contribution is -0.120. The van der Waals surface area contributed by atoms with Gasteiger partial charge in [-0.15, -0.1) is 0 Å². The Morgan fingerprint density at radius 2 is 1.96 bits per heavy atom. The summed E-state index contributed by atoms with van der Waals surface area (Å²) in [5.74, 6) is 0.589. The molecular formula is C17H18Cl2N2O2. The summed E-state index contributed by atoms with van der Waals surface area (Å²) in [6.45, 7) is 2.00. The van der Waals surface area contributed by atoms with Crippen molar-refractivity contribution in [2.45, 2.75) is 13.0 Å². The molecule has 0 heterocycles. The van der Waals surface area contributed by atoms with Crippen molar-refractivity contribution in [1.29, 1.82) is 0 Å². The molecule has 23 heavy (non-hydrogen) atoms. The van der Waals surface area contributed by atoms with Gasteiger partial charge in [-0.3, -0.25) is 4.79 Å². The molecule has 2 N–H and O–H groups in total. The van der Waals surface area contributed by atoms with Gasteiger partial charge in [-0.2, -0.15) is 0 Å². The molecule has 2 aromatic rings. The first kappa shape index (κ1) is 17.4. The first-order chi connectivity index (χ1) is 11.0. The van der Waals surface area contributed by atoms with Crippen LogP contribution in [0.1, 0.15) is 18.5 Å². The largest absolute Gasteiger partial charge is 0.496 e. The molecule has 0 fully saturated rings. The fourth-order valence-electron chi connectivity index (χ4n) is 2.20. The van der Waals surface area contributed by atoms with Crippen LogP contribution in [-0.2, 0) is 4.79 Å². The molecule has 6 heteroatoms. The maximum Gasteiger partial charge on any atom is 0.239 e. The third-order valence-electron chi connectivity index (χ3n) is 3.35. The number of halogens is 2. The van der Waals surface area contributed by atoms with Crippen LogP contribution in [-0.4, -0.2) is 19.6 Å². The third kappa shape index (κ3) is 4.78. The summed E-state index contributed by atoms with van der Waals surface area (Å²) in [4.78, 5) is 12.1. The topological polar surface area (TPSA) is 50.4 Å². The zero-order valence-corrected chi connectivity index (χ0v) is 14.4. The van der Waals surface area contributed by atoms with Gasteiger partial charge in [-0.1, -0.05) is 41.4 Å². The van der Waals surface area contributed by atoms with Crippen molar-refractivity contribution in [1.82, 2.24) is 5.32 Å². The molecule has 1 unspecified atom stereocenters. The summed E-state index contributed by atoms with van der Waals surface area (Å²) in [6, 6.07) is 12.5. The molecule has 0 bridgehead atoms. The molecule has 0 radical (unpaired) electrons. The van der Waals surface area contributed by atoms with E-state index in [0.717, 1.165) is 11.3 Å². The highest BCUT2D eigenvalue weighted by molar-refractivity contribution is 6.35. The van der Waals surface area contributed by atoms with Crippen LogP contribution in [0.5, 0.6) is 5.75 Å². The fraction of sp³-hybridized carbons (Fsp3) is 0.235. The Bertz CT molecular complexity index is 692. The maximum atomic E-state index is 12.1. The molecule has 0 saturated carbocycles. The number of benzene rings is 2. The Morgan fingerprint density at radius 3 is 2.70 bits per heavy atom. The lowest BCUT2D eigenvalue weighted by Gasteiger charge is -2.17. The number of hydrogen-bond donors (Lipinski definition) is 2. The highest BCUT2D eigenvalue weighted by Crippen LogP contribution is 2.26. The van der Waals surface area contributed by atoms with E-state index in [4.69, 9.17) is 27.9 Å². The lowest BCUT2D eigenvalue weighted by Crippen LogP contribution is -2.32. The van der Waals surface area contributed by atoms with Gasteiger partial charge in [0.2, 0.25) is 5.91 Å². The number of rotatable bonds is 6. The Hall–Kier alpha value is -1.91. The van der Waals surface area contributed by atoms with Crippen LogP contribution in [0, 0.1) is 0 Å². The SMILES string of the molecule is COc1ccccc1C(C)NC(=O)CNc1cc(Cl)ccc1Cl. The van der Waals surface area contributed by atoms with Crippen LogP contribution in [0.25, 0.3) is 0 Å². The first-order valence-electron chi connectivity index (χ1n) is 7.12. The van der Waals surface area contributed by atoms with Gasteiger partial charge < -0.3 is 15.4 Å². The van der Waals surface area contributed by atoms with Gasteiger partial charge in [0.1, 0.15) is 5.75 Å². The van der Waals surface area contributed by atoms with E-state index in [2.05, 4.69) is 10.6 Å². The second-order valence-electron chi connectivity index (χ2n) is 5.01. The highest BCUT2D eigenvalue weighted by atomic mass is 35.5. The number of amides is 1. The van der Waals surface area contributed by atoms with E-state index in [0.29, 0.717) is 15.7 Å². The second-order valence-corrected chi connectivity index (χ2v) is 5.85. The summed E-state index contributed by atoms with van der Waals surface area (Å²) in [6.07, 6.45) is 0. The molecule has 2 aromatic carbocycles. The van der Waals surface area contributed by atoms with E-state index in [9.17, 15) is 4.79 Å². The van der Waals surface area contributed by atoms with Crippen LogP contribution >= 0.6 is 23.2 Å². The summed E-state index contributed by atoms with van der Waals surface area (Å²) in [5, 5.41) is 6.97. The van der Waals surface area contributed by atoms with E-state index in [1.165, 1.54) is 0 Å². The van der Waals surface area contributed by atoms with Crippen LogP contribution in [0.3, 0.4) is 0 Å². The molecule has 0 aliphatic carbocycles. The molecule has 1 amide bonds. The first-order valence-corrected chi connectivity index (χ1v) is 7.88. The number of para-hydroxylation sites is 1. The maximum absolute atomic E-state index is 12.1. The van der Waals surface area contributed by atoms with Crippen molar-refractivity contribution in [3.8, 4) is 5.75 Å². The van der Waals surface area contributed by atoms with Crippen molar-refractivity contribution in [2.24, 2.45) is 0 Å². The Morgan fingerprint density at radius 1 is 1.22 bits per heavy atom. The number of hydrogen-bond acceptors (Lipinski definition) is 3. The molecule has 0 aliphatic heterocycles. The van der Waals surface area contributed by atoms with Gasteiger partial charge in [-0.25, -0.2) is 0 Å². The summed E-state index contributed by atoms with van der Waals surface area (Å²) < 4.78 is 5.31. The third-order valence-corrected chi connectivity index (χ3v) is 3.92. The van der Waals surface area contributed by atoms with E-state index < -0.39 is 0 Å². The Kier molecular flexibility index (Phi) is 6.13. The lowest BCUT2D eigenvalue weighted by atomic mass is 10.1. The average Bonchev–Trinajstić information content (AvgIpc) is 2.55. The van der Waals surface area contributed by atoms with Gasteiger partial charge >= 0.3 is 0 Å². The van der Waals surface area contributed by atoms with E-state index in [1.54, 1.807) is 25.3 Å². The zero-order chi connectivity index (χ0) is 16.8. The predicted molar refractivity (Wildman–Crippen MR) is 94.5 cm³/mol. The van der Waals surface area contributed by atoms with Gasteiger partial charge in [-0.05, 0) is 31.2 Å². The predicted octanol–water partition coefficient (Wildman–Crippen LogP) is 4.29. The Balaban J connectivity index is 1.95. The Labute approximate surface area is 145 Å². The average molecular weight is 353 g/mol. The van der Waals surface area contributed by atoms with Crippen LogP contribution in [0.2, 0.25) is 10.0 Å². The normalized spacial score (nSPS) is 11.7. The number of carbonyl (C=O) groups excluding carboxylic acids is 1. The van der Waals surface area contributed by atoms with Gasteiger partial charge in [0, 0.05) is 10.6 Å². The zero-order valence-electron chi connectivity index (χ0n) is 12.9. The molecule has 122 valence electrons. The number of nitrogens with one attached hydrogen (secondary N) is 2. The summed E-state index contributed by atoms with van der Waals surface area (Å²) >= 11 is 12.0. The minimum Gasteiger partial charge on any atom is -0.496 e. The monoisotopic (exact) mass is 352 g/mol. The molecule has 0 spiro atoms. The molecule has 0 aliphatic rings. The van der Waals surface area contributed by atoms with Crippen molar-refractivity contribution >= 4 is 34.8 Å². The standard InChI is InChI=1S/C17H18Cl2N2O2/c1-11(13-5-3-4-6-16(13)23-2)21-17(22)10-20-15-9-12(18)7-8-14(15)19/h3-9,11,20H,10H2,1-2H3,(H,21,22). The minimum absolute atomic E-state index is 0.0968. The highest BCUT2D eigenvalue weighted by Gasteiger charge is 2.13. The van der Waals surface area contributed by atoms with Gasteiger partial charge in [0.25, 0.3) is 0 Å². The van der Waals surface area contributed by atoms with Gasteiger partial charge in [0.15, 0.2) is 0 Å². The van der Waals surface area contributed by atoms with Crippen molar-refractivity contribution in [2.75, 3.05) is 19.0 Å². The number of ether oxygens (including phenoxy) is 1. The molecule has 0 aromatic heterocycles. The van der Waals surface area contributed by atoms with Gasteiger partial charge in [0.05, 0.1) is 30.4 Å².